The van der Waals surface area contributed by atoms with Crippen molar-refractivity contribution in [2.45, 2.75) is 28.4 Å². The number of carbonyl (C=O) groups excluding carboxylic acids is 2. The molecule has 1 aromatic heterocycles. The summed E-state index contributed by atoms with van der Waals surface area (Å²) in [6.45, 7) is 2.71. The number of rotatable bonds is 10. The van der Waals surface area contributed by atoms with Crippen molar-refractivity contribution in [1.82, 2.24) is 15.5 Å². The van der Waals surface area contributed by atoms with Crippen molar-refractivity contribution in [3.05, 3.63) is 30.3 Å². The molecule has 0 aliphatic rings. The van der Waals surface area contributed by atoms with Gasteiger partial charge in [0.15, 0.2) is 8.68 Å². The minimum Gasteiger partial charge on any atom is -0.355 e. The normalized spacial score (nSPS) is 10.4. The van der Waals surface area contributed by atoms with E-state index in [2.05, 4.69) is 20.8 Å². The Morgan fingerprint density at radius 1 is 1.08 bits per heavy atom. The summed E-state index contributed by atoms with van der Waals surface area (Å²) in [5, 5.41) is 13.8. The highest BCUT2D eigenvalue weighted by Crippen LogP contribution is 2.29. The number of aromatic nitrogens is 2. The predicted octanol–water partition coefficient (Wildman–Crippen LogP) is 3.28. The van der Waals surface area contributed by atoms with Crippen molar-refractivity contribution >= 4 is 52.4 Å². The van der Waals surface area contributed by atoms with Crippen molar-refractivity contribution in [3.8, 4) is 0 Å². The number of para-hydroxylation sites is 1. The van der Waals surface area contributed by atoms with Crippen LogP contribution in [0.1, 0.15) is 19.8 Å². The Kier molecular flexibility index (Phi) is 8.78. The zero-order valence-corrected chi connectivity index (χ0v) is 16.3. The highest BCUT2D eigenvalue weighted by molar-refractivity contribution is 8.03. The van der Waals surface area contributed by atoms with Gasteiger partial charge >= 0.3 is 0 Å². The Morgan fingerprint density at radius 2 is 1.80 bits per heavy atom. The maximum absolute atomic E-state index is 11.9. The first kappa shape index (κ1) is 19.7. The van der Waals surface area contributed by atoms with E-state index >= 15 is 0 Å². The largest absolute Gasteiger partial charge is 0.355 e. The molecule has 2 aromatic rings. The summed E-state index contributed by atoms with van der Waals surface area (Å²) in [4.78, 5) is 23.4. The van der Waals surface area contributed by atoms with Crippen LogP contribution in [0.4, 0.5) is 5.69 Å². The van der Waals surface area contributed by atoms with Crippen LogP contribution in [0.5, 0.6) is 0 Å². The second-order valence-corrected chi connectivity index (χ2v) is 8.53. The highest BCUT2D eigenvalue weighted by Gasteiger charge is 2.09. The lowest BCUT2D eigenvalue weighted by Gasteiger charge is -2.03. The van der Waals surface area contributed by atoms with Crippen molar-refractivity contribution in [2.75, 3.05) is 23.4 Å². The van der Waals surface area contributed by atoms with Gasteiger partial charge in [0, 0.05) is 24.4 Å². The summed E-state index contributed by atoms with van der Waals surface area (Å²) in [7, 11) is 0. The molecule has 134 valence electrons. The maximum atomic E-state index is 11.9. The average Bonchev–Trinajstić information content (AvgIpc) is 3.07. The van der Waals surface area contributed by atoms with E-state index in [1.807, 2.05) is 37.3 Å². The number of hydrogen-bond acceptors (Lipinski definition) is 7. The molecule has 0 bridgehead atoms. The van der Waals surface area contributed by atoms with Crippen LogP contribution in [0, 0.1) is 0 Å². The van der Waals surface area contributed by atoms with E-state index in [0.29, 0.717) is 24.5 Å². The monoisotopic (exact) mass is 396 g/mol. The molecule has 0 fully saturated rings. The van der Waals surface area contributed by atoms with E-state index in [0.717, 1.165) is 20.8 Å². The van der Waals surface area contributed by atoms with Crippen LogP contribution in [0.15, 0.2) is 39.0 Å². The number of benzene rings is 1. The van der Waals surface area contributed by atoms with Gasteiger partial charge in [-0.3, -0.25) is 9.59 Å². The van der Waals surface area contributed by atoms with E-state index in [1.165, 1.54) is 34.9 Å². The van der Waals surface area contributed by atoms with Crippen LogP contribution in [0.25, 0.3) is 0 Å². The third-order valence-corrected chi connectivity index (χ3v) is 6.09. The molecule has 1 aromatic carbocycles. The van der Waals surface area contributed by atoms with E-state index in [-0.39, 0.29) is 11.8 Å². The van der Waals surface area contributed by atoms with Gasteiger partial charge in [0.1, 0.15) is 0 Å². The lowest BCUT2D eigenvalue weighted by atomic mass is 10.3. The molecular formula is C16H20N4O2S3. The SMILES string of the molecule is CCCNC(=O)CSc1nnc(SCCC(=O)Nc2ccccc2)s1. The minimum atomic E-state index is -0.0228. The Labute approximate surface area is 159 Å². The first-order valence-electron chi connectivity index (χ1n) is 7.88. The minimum absolute atomic E-state index is 0.00818. The summed E-state index contributed by atoms with van der Waals surface area (Å²) in [6, 6.07) is 9.39. The molecule has 0 spiro atoms. The Bertz CT molecular complexity index is 679. The molecular weight excluding hydrogens is 376 g/mol. The van der Waals surface area contributed by atoms with E-state index < -0.39 is 0 Å². The molecule has 0 saturated heterocycles. The summed E-state index contributed by atoms with van der Waals surface area (Å²) < 4.78 is 1.58. The van der Waals surface area contributed by atoms with Gasteiger partial charge in [-0.2, -0.15) is 0 Å². The molecule has 2 rings (SSSR count). The molecule has 0 saturated carbocycles. The number of anilines is 1. The van der Waals surface area contributed by atoms with Gasteiger partial charge in [0.05, 0.1) is 5.75 Å². The summed E-state index contributed by atoms with van der Waals surface area (Å²) in [5.74, 6) is 0.965. The lowest BCUT2D eigenvalue weighted by molar-refractivity contribution is -0.118. The number of hydrogen-bond donors (Lipinski definition) is 2. The molecule has 2 amide bonds. The third-order valence-electron chi connectivity index (χ3n) is 2.90. The van der Waals surface area contributed by atoms with Gasteiger partial charge in [-0.05, 0) is 18.6 Å². The van der Waals surface area contributed by atoms with Gasteiger partial charge in [0.25, 0.3) is 0 Å². The highest BCUT2D eigenvalue weighted by atomic mass is 32.2. The first-order valence-corrected chi connectivity index (χ1v) is 10.7. The van der Waals surface area contributed by atoms with Crippen LogP contribution in [0.2, 0.25) is 0 Å². The van der Waals surface area contributed by atoms with Crippen molar-refractivity contribution < 1.29 is 9.59 Å². The van der Waals surface area contributed by atoms with E-state index in [9.17, 15) is 9.59 Å². The number of nitrogens with zero attached hydrogens (tertiary/aromatic N) is 2. The molecule has 2 N–H and O–H groups in total. The zero-order chi connectivity index (χ0) is 17.9. The van der Waals surface area contributed by atoms with Crippen LogP contribution in [-0.2, 0) is 9.59 Å². The topological polar surface area (TPSA) is 84.0 Å². The molecule has 0 unspecified atom stereocenters. The van der Waals surface area contributed by atoms with Gasteiger partial charge in [-0.15, -0.1) is 10.2 Å². The molecule has 0 radical (unpaired) electrons. The molecule has 6 nitrogen and oxygen atoms in total. The first-order chi connectivity index (χ1) is 12.2. The number of carbonyl (C=O) groups is 2. The summed E-state index contributed by atoms with van der Waals surface area (Å²) in [6.07, 6.45) is 1.33. The van der Waals surface area contributed by atoms with Crippen molar-refractivity contribution in [2.24, 2.45) is 0 Å². The smallest absolute Gasteiger partial charge is 0.230 e. The second kappa shape index (κ2) is 11.1. The zero-order valence-electron chi connectivity index (χ0n) is 13.9. The van der Waals surface area contributed by atoms with E-state index in [4.69, 9.17) is 0 Å². The van der Waals surface area contributed by atoms with Crippen LogP contribution in [-0.4, -0.2) is 40.1 Å². The van der Waals surface area contributed by atoms with Crippen LogP contribution in [0.3, 0.4) is 0 Å². The second-order valence-electron chi connectivity index (χ2n) is 4.99. The van der Waals surface area contributed by atoms with E-state index in [1.54, 1.807) is 0 Å². The third kappa shape index (κ3) is 7.89. The predicted molar refractivity (Wildman–Crippen MR) is 104 cm³/mol. The van der Waals surface area contributed by atoms with Crippen molar-refractivity contribution in [3.63, 3.8) is 0 Å². The fourth-order valence-electron chi connectivity index (χ4n) is 1.73. The fourth-order valence-corrected chi connectivity index (χ4v) is 4.59. The maximum Gasteiger partial charge on any atom is 0.230 e. The Hall–Kier alpha value is -1.58. The fraction of sp³-hybridized carbons (Fsp3) is 0.375. The molecule has 1 heterocycles. The number of thioether (sulfide) groups is 2. The van der Waals surface area contributed by atoms with Crippen LogP contribution >= 0.6 is 34.9 Å². The summed E-state index contributed by atoms with van der Waals surface area (Å²) in [5.41, 5.74) is 0.799. The Morgan fingerprint density at radius 3 is 2.52 bits per heavy atom. The van der Waals surface area contributed by atoms with Crippen molar-refractivity contribution in [1.29, 1.82) is 0 Å². The lowest BCUT2D eigenvalue weighted by Crippen LogP contribution is -2.25. The van der Waals surface area contributed by atoms with Gasteiger partial charge in [-0.25, -0.2) is 0 Å². The number of nitrogens with one attached hydrogen (secondary N) is 2. The van der Waals surface area contributed by atoms with Gasteiger partial charge in [-0.1, -0.05) is 60.0 Å². The summed E-state index contributed by atoms with van der Waals surface area (Å²) >= 11 is 4.33. The van der Waals surface area contributed by atoms with Gasteiger partial charge < -0.3 is 10.6 Å². The molecule has 9 heteroatoms. The molecule has 0 atom stereocenters. The molecule has 0 aliphatic carbocycles. The number of amides is 2. The quantitative estimate of drug-likeness (QED) is 0.600. The van der Waals surface area contributed by atoms with Crippen LogP contribution < -0.4 is 10.6 Å². The molecule has 0 aliphatic heterocycles. The average molecular weight is 397 g/mol. The standard InChI is InChI=1S/C16H20N4O2S3/c1-2-9-17-14(22)11-24-16-20-19-15(25-16)23-10-8-13(21)18-12-6-4-3-5-7-12/h3-7H,2,8-11H2,1H3,(H,17,22)(H,18,21). The molecule has 25 heavy (non-hydrogen) atoms. The Balaban J connectivity index is 1.65. The van der Waals surface area contributed by atoms with Gasteiger partial charge in [0.2, 0.25) is 11.8 Å².